The molecule has 1 N–H and O–H groups in total. The summed E-state index contributed by atoms with van der Waals surface area (Å²) in [5.41, 5.74) is 2.21. The van der Waals surface area contributed by atoms with Crippen LogP contribution in [0.2, 0.25) is 0 Å². The van der Waals surface area contributed by atoms with E-state index in [1.165, 1.54) is 11.8 Å². The third kappa shape index (κ3) is 6.58. The Bertz CT molecular complexity index is 700. The van der Waals surface area contributed by atoms with Crippen LogP contribution in [-0.4, -0.2) is 29.2 Å². The molecule has 0 radical (unpaired) electrons. The predicted octanol–water partition coefficient (Wildman–Crippen LogP) is 4.08. The van der Waals surface area contributed by atoms with Gasteiger partial charge in [-0.2, -0.15) is 0 Å². The molecule has 0 atom stereocenters. The normalized spacial score (nSPS) is 10.3. The van der Waals surface area contributed by atoms with Crippen molar-refractivity contribution in [3.8, 4) is 0 Å². The standard InChI is InChI=1S/C19H22N2O3S/c1-3-4-11-24-19(23)15-6-8-16(9-7-15)21-17(22)13-25-18-10-5-14(2)12-20-18/h5-10,12H,3-4,11,13H2,1-2H3,(H,21,22). The molecule has 6 heteroatoms. The van der Waals surface area contributed by atoms with Gasteiger partial charge in [0.1, 0.15) is 0 Å². The molecule has 0 aliphatic rings. The number of benzene rings is 1. The molecule has 0 unspecified atom stereocenters. The number of carbonyl (C=O) groups excluding carboxylic acids is 2. The summed E-state index contributed by atoms with van der Waals surface area (Å²) in [6.45, 7) is 4.44. The third-order valence-corrected chi connectivity index (χ3v) is 4.31. The maximum absolute atomic E-state index is 12.0. The highest BCUT2D eigenvalue weighted by Gasteiger charge is 2.08. The molecule has 0 aliphatic heterocycles. The summed E-state index contributed by atoms with van der Waals surface area (Å²) in [6.07, 6.45) is 3.61. The van der Waals surface area contributed by atoms with Gasteiger partial charge in [0.2, 0.25) is 5.91 Å². The molecule has 0 saturated heterocycles. The van der Waals surface area contributed by atoms with Crippen molar-refractivity contribution in [2.45, 2.75) is 31.7 Å². The summed E-state index contributed by atoms with van der Waals surface area (Å²) in [5, 5.41) is 3.61. The van der Waals surface area contributed by atoms with Gasteiger partial charge >= 0.3 is 5.97 Å². The van der Waals surface area contributed by atoms with Crippen molar-refractivity contribution >= 4 is 29.3 Å². The highest BCUT2D eigenvalue weighted by atomic mass is 32.2. The first kappa shape index (κ1) is 19.0. The van der Waals surface area contributed by atoms with E-state index in [4.69, 9.17) is 4.74 Å². The van der Waals surface area contributed by atoms with Crippen molar-refractivity contribution in [3.63, 3.8) is 0 Å². The Kier molecular flexibility index (Phi) is 7.47. The molecule has 25 heavy (non-hydrogen) atoms. The van der Waals surface area contributed by atoms with Crippen molar-refractivity contribution in [3.05, 3.63) is 53.7 Å². The lowest BCUT2D eigenvalue weighted by Crippen LogP contribution is -2.14. The number of esters is 1. The van der Waals surface area contributed by atoms with Crippen molar-refractivity contribution in [2.24, 2.45) is 0 Å². The minimum absolute atomic E-state index is 0.120. The zero-order chi connectivity index (χ0) is 18.1. The molecule has 132 valence electrons. The van der Waals surface area contributed by atoms with Gasteiger partial charge in [-0.1, -0.05) is 31.2 Å². The van der Waals surface area contributed by atoms with Crippen LogP contribution >= 0.6 is 11.8 Å². The molecule has 5 nitrogen and oxygen atoms in total. The zero-order valence-electron chi connectivity index (χ0n) is 14.5. The molecule has 0 fully saturated rings. The summed E-state index contributed by atoms with van der Waals surface area (Å²) < 4.78 is 5.15. The SMILES string of the molecule is CCCCOC(=O)c1ccc(NC(=O)CSc2ccc(C)cn2)cc1. The minimum Gasteiger partial charge on any atom is -0.462 e. The molecule has 0 saturated carbocycles. The first-order valence-electron chi connectivity index (χ1n) is 8.21. The van der Waals surface area contributed by atoms with E-state index in [1.54, 1.807) is 30.5 Å². The molecule has 0 bridgehead atoms. The molecule has 2 aromatic rings. The van der Waals surface area contributed by atoms with E-state index in [0.717, 1.165) is 23.4 Å². The van der Waals surface area contributed by atoms with Crippen molar-refractivity contribution in [2.75, 3.05) is 17.7 Å². The second kappa shape index (κ2) is 9.84. The van der Waals surface area contributed by atoms with Gasteiger partial charge in [0.25, 0.3) is 0 Å². The number of hydrogen-bond acceptors (Lipinski definition) is 5. The summed E-state index contributed by atoms with van der Waals surface area (Å²) in [4.78, 5) is 28.1. The van der Waals surface area contributed by atoms with Crippen LogP contribution in [-0.2, 0) is 9.53 Å². The molecule has 1 heterocycles. The van der Waals surface area contributed by atoms with Crippen molar-refractivity contribution in [1.82, 2.24) is 4.98 Å². The fraction of sp³-hybridized carbons (Fsp3) is 0.316. The van der Waals surface area contributed by atoms with Gasteiger partial charge in [0, 0.05) is 11.9 Å². The maximum atomic E-state index is 12.0. The summed E-state index contributed by atoms with van der Waals surface area (Å²) in [6, 6.07) is 10.6. The van der Waals surface area contributed by atoms with Gasteiger partial charge in [0.15, 0.2) is 0 Å². The van der Waals surface area contributed by atoms with E-state index >= 15 is 0 Å². The predicted molar refractivity (Wildman–Crippen MR) is 100.0 cm³/mol. The van der Waals surface area contributed by atoms with Crippen molar-refractivity contribution < 1.29 is 14.3 Å². The van der Waals surface area contributed by atoms with Gasteiger partial charge in [-0.15, -0.1) is 0 Å². The van der Waals surface area contributed by atoms with Gasteiger partial charge in [-0.25, -0.2) is 9.78 Å². The number of rotatable bonds is 8. The lowest BCUT2D eigenvalue weighted by atomic mass is 10.2. The number of anilines is 1. The molecule has 2 rings (SSSR count). The Morgan fingerprint density at radius 1 is 1.16 bits per heavy atom. The van der Waals surface area contributed by atoms with Crippen LogP contribution in [0.1, 0.15) is 35.7 Å². The highest BCUT2D eigenvalue weighted by molar-refractivity contribution is 7.99. The van der Waals surface area contributed by atoms with E-state index in [9.17, 15) is 9.59 Å². The average molecular weight is 358 g/mol. The first-order chi connectivity index (χ1) is 12.1. The molecular weight excluding hydrogens is 336 g/mol. The number of carbonyl (C=O) groups is 2. The van der Waals surface area contributed by atoms with Crippen LogP contribution in [0.25, 0.3) is 0 Å². The number of ether oxygens (including phenoxy) is 1. The van der Waals surface area contributed by atoms with E-state index < -0.39 is 0 Å². The first-order valence-corrected chi connectivity index (χ1v) is 9.19. The Morgan fingerprint density at radius 3 is 2.56 bits per heavy atom. The molecule has 1 aromatic heterocycles. The largest absolute Gasteiger partial charge is 0.462 e. The molecule has 0 spiro atoms. The maximum Gasteiger partial charge on any atom is 0.338 e. The number of aromatic nitrogens is 1. The third-order valence-electron chi connectivity index (χ3n) is 3.37. The Hall–Kier alpha value is -2.34. The van der Waals surface area contributed by atoms with E-state index in [2.05, 4.69) is 10.3 Å². The van der Waals surface area contributed by atoms with Crippen LogP contribution in [0.3, 0.4) is 0 Å². The fourth-order valence-corrected chi connectivity index (χ4v) is 2.60. The molecule has 1 aromatic carbocycles. The Morgan fingerprint density at radius 2 is 1.92 bits per heavy atom. The van der Waals surface area contributed by atoms with Crippen molar-refractivity contribution in [1.29, 1.82) is 0 Å². The summed E-state index contributed by atoms with van der Waals surface area (Å²) >= 11 is 1.38. The number of unbranched alkanes of at least 4 members (excludes halogenated alkanes) is 1. The second-order valence-electron chi connectivity index (χ2n) is 5.58. The summed E-state index contributed by atoms with van der Waals surface area (Å²) in [5.74, 6) is -0.186. The lowest BCUT2D eigenvalue weighted by molar-refractivity contribution is -0.113. The van der Waals surface area contributed by atoms with E-state index in [-0.39, 0.29) is 17.6 Å². The average Bonchev–Trinajstić information content (AvgIpc) is 2.62. The lowest BCUT2D eigenvalue weighted by Gasteiger charge is -2.07. The monoisotopic (exact) mass is 358 g/mol. The van der Waals surface area contributed by atoms with Gasteiger partial charge < -0.3 is 10.1 Å². The number of aryl methyl sites for hydroxylation is 1. The summed E-state index contributed by atoms with van der Waals surface area (Å²) in [7, 11) is 0. The topological polar surface area (TPSA) is 68.3 Å². The number of nitrogens with zero attached hydrogens (tertiary/aromatic N) is 1. The number of hydrogen-bond donors (Lipinski definition) is 1. The van der Waals surface area contributed by atoms with Crippen LogP contribution in [0.15, 0.2) is 47.6 Å². The van der Waals surface area contributed by atoms with Crippen LogP contribution in [0.5, 0.6) is 0 Å². The van der Waals surface area contributed by atoms with Gasteiger partial charge in [0.05, 0.1) is 22.9 Å². The zero-order valence-corrected chi connectivity index (χ0v) is 15.3. The number of pyridine rings is 1. The number of amides is 1. The molecular formula is C19H22N2O3S. The number of nitrogens with one attached hydrogen (secondary N) is 1. The van der Waals surface area contributed by atoms with Gasteiger partial charge in [-0.3, -0.25) is 4.79 Å². The van der Waals surface area contributed by atoms with Crippen LogP contribution in [0, 0.1) is 6.92 Å². The number of thioether (sulfide) groups is 1. The molecule has 1 amide bonds. The van der Waals surface area contributed by atoms with Crippen LogP contribution in [0.4, 0.5) is 5.69 Å². The quantitative estimate of drug-likeness (QED) is 0.437. The fourth-order valence-electron chi connectivity index (χ4n) is 1.96. The molecule has 0 aliphatic carbocycles. The minimum atomic E-state index is -0.340. The Balaban J connectivity index is 1.80. The second-order valence-corrected chi connectivity index (χ2v) is 6.57. The smallest absolute Gasteiger partial charge is 0.338 e. The van der Waals surface area contributed by atoms with Crippen LogP contribution < -0.4 is 5.32 Å². The Labute approximate surface area is 152 Å². The van der Waals surface area contributed by atoms with Gasteiger partial charge in [-0.05, 0) is 49.2 Å². The van der Waals surface area contributed by atoms with E-state index in [1.807, 2.05) is 26.0 Å². The highest BCUT2D eigenvalue weighted by Crippen LogP contribution is 2.16. The van der Waals surface area contributed by atoms with E-state index in [0.29, 0.717) is 17.9 Å².